The van der Waals surface area contributed by atoms with Crippen LogP contribution < -0.4 is 11.5 Å². The van der Waals surface area contributed by atoms with E-state index in [0.717, 1.165) is 12.7 Å². The first-order valence-electron chi connectivity index (χ1n) is 3.60. The van der Waals surface area contributed by atoms with E-state index in [1.54, 1.807) is 0 Å². The summed E-state index contributed by atoms with van der Waals surface area (Å²) >= 11 is 0. The van der Waals surface area contributed by atoms with Gasteiger partial charge in [-0.05, 0) is 19.3 Å². The molecule has 0 spiro atoms. The second-order valence-corrected chi connectivity index (χ2v) is 2.64. The first-order valence-corrected chi connectivity index (χ1v) is 3.60. The van der Waals surface area contributed by atoms with Crippen LogP contribution in [0.15, 0.2) is 0 Å². The summed E-state index contributed by atoms with van der Waals surface area (Å²) in [4.78, 5) is 20.0. The molecule has 4 heteroatoms. The molecule has 0 amide bonds. The van der Waals surface area contributed by atoms with Crippen molar-refractivity contribution in [3.05, 3.63) is 0 Å². The molecule has 0 saturated heterocycles. The average molecular weight is 158 g/mol. The smallest absolute Gasteiger partial charge is 0.154 e. The van der Waals surface area contributed by atoms with E-state index in [9.17, 15) is 9.59 Å². The molecule has 64 valence electrons. The number of carbonyl (C=O) groups excluding carboxylic acids is 2. The zero-order valence-electron chi connectivity index (χ0n) is 6.45. The molecule has 0 radical (unpaired) electrons. The van der Waals surface area contributed by atoms with Gasteiger partial charge in [0.1, 0.15) is 11.9 Å². The van der Waals surface area contributed by atoms with Crippen molar-refractivity contribution >= 4 is 12.6 Å². The maximum absolute atomic E-state index is 10.2. The summed E-state index contributed by atoms with van der Waals surface area (Å²) in [7, 11) is 0. The molecular formula is C7H14N2O2. The Labute approximate surface area is 65.9 Å². The normalized spacial score (nSPS) is 11.1. The predicted octanol–water partition coefficient (Wildman–Crippen LogP) is -0.442. The minimum atomic E-state index is -1.21. The summed E-state index contributed by atoms with van der Waals surface area (Å²) in [5.41, 5.74) is 9.43. The molecule has 11 heavy (non-hydrogen) atoms. The van der Waals surface area contributed by atoms with Crippen molar-refractivity contribution in [1.82, 2.24) is 0 Å². The average Bonchev–Trinajstić information content (AvgIpc) is 1.99. The molecule has 0 aliphatic heterocycles. The minimum absolute atomic E-state index is 0.435. The van der Waals surface area contributed by atoms with Crippen molar-refractivity contribution in [1.29, 1.82) is 0 Å². The van der Waals surface area contributed by atoms with Gasteiger partial charge >= 0.3 is 0 Å². The van der Waals surface area contributed by atoms with Crippen LogP contribution in [0.25, 0.3) is 0 Å². The van der Waals surface area contributed by atoms with E-state index < -0.39 is 5.66 Å². The van der Waals surface area contributed by atoms with Crippen LogP contribution in [0.5, 0.6) is 0 Å². The van der Waals surface area contributed by atoms with Crippen LogP contribution in [-0.2, 0) is 9.59 Å². The Bertz CT molecular complexity index is 134. The second kappa shape index (κ2) is 4.98. The molecule has 0 heterocycles. The molecule has 0 fully saturated rings. The molecule has 0 aliphatic carbocycles. The highest BCUT2D eigenvalue weighted by Gasteiger charge is 2.15. The van der Waals surface area contributed by atoms with Crippen molar-refractivity contribution in [2.24, 2.45) is 11.5 Å². The van der Waals surface area contributed by atoms with E-state index in [0.29, 0.717) is 25.5 Å². The van der Waals surface area contributed by atoms with Crippen LogP contribution in [0.4, 0.5) is 0 Å². The van der Waals surface area contributed by atoms with Crippen LogP contribution in [-0.4, -0.2) is 18.2 Å². The molecule has 0 aromatic rings. The number of aldehydes is 2. The van der Waals surface area contributed by atoms with Gasteiger partial charge in [0.2, 0.25) is 0 Å². The van der Waals surface area contributed by atoms with Gasteiger partial charge in [0.25, 0.3) is 0 Å². The summed E-state index contributed by atoms with van der Waals surface area (Å²) in [5.74, 6) is 0. The summed E-state index contributed by atoms with van der Waals surface area (Å²) in [5, 5.41) is 0. The van der Waals surface area contributed by atoms with E-state index in [-0.39, 0.29) is 0 Å². The number of hydrogen-bond donors (Lipinski definition) is 2. The monoisotopic (exact) mass is 158 g/mol. The number of hydrogen-bond acceptors (Lipinski definition) is 4. The van der Waals surface area contributed by atoms with E-state index in [1.807, 2.05) is 0 Å². The van der Waals surface area contributed by atoms with Crippen molar-refractivity contribution in [3.8, 4) is 0 Å². The maximum Gasteiger partial charge on any atom is 0.154 e. The summed E-state index contributed by atoms with van der Waals surface area (Å²) in [6, 6.07) is 0. The molecule has 0 aliphatic rings. The lowest BCUT2D eigenvalue weighted by atomic mass is 10.1. The molecule has 4 nitrogen and oxygen atoms in total. The Morgan fingerprint density at radius 3 is 2.27 bits per heavy atom. The SMILES string of the molecule is NC(N)(C=O)CCCCC=O. The van der Waals surface area contributed by atoms with Crippen molar-refractivity contribution < 1.29 is 9.59 Å². The van der Waals surface area contributed by atoms with Gasteiger partial charge < -0.3 is 16.3 Å². The van der Waals surface area contributed by atoms with Gasteiger partial charge in [0, 0.05) is 6.42 Å². The lowest BCUT2D eigenvalue weighted by Gasteiger charge is -2.15. The fraction of sp³-hybridized carbons (Fsp3) is 0.714. The van der Waals surface area contributed by atoms with E-state index in [1.165, 1.54) is 0 Å². The van der Waals surface area contributed by atoms with Gasteiger partial charge in [-0.25, -0.2) is 0 Å². The van der Waals surface area contributed by atoms with Crippen LogP contribution in [0, 0.1) is 0 Å². The molecule has 0 unspecified atom stereocenters. The second-order valence-electron chi connectivity index (χ2n) is 2.64. The van der Waals surface area contributed by atoms with E-state index >= 15 is 0 Å². The van der Waals surface area contributed by atoms with Gasteiger partial charge in [-0.3, -0.25) is 4.79 Å². The van der Waals surface area contributed by atoms with Gasteiger partial charge in [0.05, 0.1) is 0 Å². The lowest BCUT2D eigenvalue weighted by Crippen LogP contribution is -2.50. The molecular weight excluding hydrogens is 144 g/mol. The van der Waals surface area contributed by atoms with Crippen molar-refractivity contribution in [2.45, 2.75) is 31.3 Å². The standard InChI is InChI=1S/C7H14N2O2/c8-7(9,6-11)4-2-1-3-5-10/h5-6H,1-4,8-9H2. The predicted molar refractivity (Wildman–Crippen MR) is 41.7 cm³/mol. The third-order valence-electron chi connectivity index (χ3n) is 1.40. The Kier molecular flexibility index (Phi) is 4.65. The highest BCUT2D eigenvalue weighted by Crippen LogP contribution is 2.03. The highest BCUT2D eigenvalue weighted by atomic mass is 16.1. The van der Waals surface area contributed by atoms with Gasteiger partial charge in [-0.1, -0.05) is 0 Å². The van der Waals surface area contributed by atoms with Crippen molar-refractivity contribution in [2.75, 3.05) is 0 Å². The van der Waals surface area contributed by atoms with E-state index in [4.69, 9.17) is 11.5 Å². The first kappa shape index (κ1) is 10.3. The van der Waals surface area contributed by atoms with Gasteiger partial charge in [-0.15, -0.1) is 0 Å². The first-order chi connectivity index (χ1) is 5.12. The number of carbonyl (C=O) groups is 2. The van der Waals surface area contributed by atoms with Crippen molar-refractivity contribution in [3.63, 3.8) is 0 Å². The summed E-state index contributed by atoms with van der Waals surface area (Å²) in [6.07, 6.45) is 3.78. The molecule has 4 N–H and O–H groups in total. The Balaban J connectivity index is 3.37. The minimum Gasteiger partial charge on any atom is -0.307 e. The van der Waals surface area contributed by atoms with Crippen LogP contribution in [0.2, 0.25) is 0 Å². The highest BCUT2D eigenvalue weighted by molar-refractivity contribution is 5.62. The maximum atomic E-state index is 10.2. The fourth-order valence-corrected chi connectivity index (χ4v) is 0.718. The van der Waals surface area contributed by atoms with Crippen LogP contribution in [0.1, 0.15) is 25.7 Å². The molecule has 0 atom stereocenters. The van der Waals surface area contributed by atoms with E-state index in [2.05, 4.69) is 0 Å². The van der Waals surface area contributed by atoms with Crippen LogP contribution in [0.3, 0.4) is 0 Å². The molecule has 0 bridgehead atoms. The van der Waals surface area contributed by atoms with Gasteiger partial charge in [0.15, 0.2) is 6.29 Å². The molecule has 0 rings (SSSR count). The topological polar surface area (TPSA) is 86.2 Å². The number of unbranched alkanes of at least 4 members (excludes halogenated alkanes) is 2. The fourth-order valence-electron chi connectivity index (χ4n) is 0.718. The third-order valence-corrected chi connectivity index (χ3v) is 1.40. The Hall–Kier alpha value is -0.740. The van der Waals surface area contributed by atoms with Crippen LogP contribution >= 0.6 is 0 Å². The largest absolute Gasteiger partial charge is 0.307 e. The Morgan fingerprint density at radius 1 is 1.18 bits per heavy atom. The summed E-state index contributed by atoms with van der Waals surface area (Å²) < 4.78 is 0. The Morgan fingerprint density at radius 2 is 1.82 bits per heavy atom. The zero-order chi connectivity index (χ0) is 8.74. The number of nitrogens with two attached hydrogens (primary N) is 2. The molecule has 0 aromatic carbocycles. The molecule has 0 aromatic heterocycles. The number of rotatable bonds is 6. The third kappa shape index (κ3) is 5.69. The van der Waals surface area contributed by atoms with Gasteiger partial charge in [-0.2, -0.15) is 0 Å². The summed E-state index contributed by atoms with van der Waals surface area (Å²) in [6.45, 7) is 0. The lowest BCUT2D eigenvalue weighted by molar-refractivity contribution is -0.112. The zero-order valence-corrected chi connectivity index (χ0v) is 6.45. The quantitative estimate of drug-likeness (QED) is 0.311. The molecule has 0 saturated carbocycles.